The van der Waals surface area contributed by atoms with E-state index in [1.165, 1.54) is 0 Å². The Labute approximate surface area is 60.2 Å². The molecule has 0 spiro atoms. The molecule has 1 N–H and O–H groups in total. The van der Waals surface area contributed by atoms with Gasteiger partial charge < -0.3 is 10.1 Å². The minimum absolute atomic E-state index is 0. The molecule has 9 heavy (non-hydrogen) atoms. The van der Waals surface area contributed by atoms with Crippen LogP contribution in [0.4, 0.5) is 0 Å². The van der Waals surface area contributed by atoms with Crippen molar-refractivity contribution in [2.24, 2.45) is 0 Å². The number of halogens is 1. The Hall–Kier alpha value is -0.280. The highest BCUT2D eigenvalue weighted by Gasteiger charge is 2.15. The van der Waals surface area contributed by atoms with Crippen LogP contribution in [0.2, 0.25) is 0 Å². The first-order valence-electron chi connectivity index (χ1n) is 2.72. The van der Waals surface area contributed by atoms with Gasteiger partial charge in [-0.25, -0.2) is 0 Å². The summed E-state index contributed by atoms with van der Waals surface area (Å²) in [5.41, 5.74) is 0. The highest BCUT2D eigenvalue weighted by Crippen LogP contribution is 2.00. The first-order chi connectivity index (χ1) is 3.93. The van der Waals surface area contributed by atoms with E-state index in [1.807, 2.05) is 0 Å². The summed E-state index contributed by atoms with van der Waals surface area (Å²) in [5, 5.41) is 3.10. The summed E-state index contributed by atoms with van der Waals surface area (Å²) in [7, 11) is 0. The minimum Gasteiger partial charge on any atom is -0.466 e. The van der Waals surface area contributed by atoms with Crippen LogP contribution in [0.3, 0.4) is 0 Å². The van der Waals surface area contributed by atoms with Gasteiger partial charge in [-0.3, -0.25) is 4.79 Å². The Bertz CT molecular complexity index is 85.0. The molecule has 1 aliphatic heterocycles. The Morgan fingerprint density at radius 3 is 2.78 bits per heavy atom. The lowest BCUT2D eigenvalue weighted by Crippen LogP contribution is -2.45. The van der Waals surface area contributed by atoms with Crippen molar-refractivity contribution in [2.75, 3.05) is 13.2 Å². The molecule has 1 saturated heterocycles. The van der Waals surface area contributed by atoms with Gasteiger partial charge in [0.2, 0.25) is 0 Å². The Kier molecular flexibility index (Phi) is 4.44. The Morgan fingerprint density at radius 1 is 1.78 bits per heavy atom. The standard InChI is InChI=1S/C5H9NO2.ClH/c7-4-8-3-5-1-2-6-5;/h4-6H,1-3H2;1H. The molecule has 54 valence electrons. The third-order valence-corrected chi connectivity index (χ3v) is 1.29. The van der Waals surface area contributed by atoms with Gasteiger partial charge in [0.05, 0.1) is 0 Å². The van der Waals surface area contributed by atoms with Crippen molar-refractivity contribution in [2.45, 2.75) is 12.5 Å². The maximum absolute atomic E-state index is 9.60. The van der Waals surface area contributed by atoms with Gasteiger partial charge in [-0.2, -0.15) is 0 Å². The maximum Gasteiger partial charge on any atom is 0.293 e. The molecule has 0 aromatic carbocycles. The minimum atomic E-state index is 0. The second-order valence-electron chi connectivity index (χ2n) is 1.87. The molecule has 1 unspecified atom stereocenters. The molecule has 3 nitrogen and oxygen atoms in total. The monoisotopic (exact) mass is 151 g/mol. The van der Waals surface area contributed by atoms with Gasteiger partial charge in [-0.1, -0.05) is 0 Å². The van der Waals surface area contributed by atoms with E-state index in [9.17, 15) is 4.79 Å². The largest absolute Gasteiger partial charge is 0.466 e. The van der Waals surface area contributed by atoms with Crippen LogP contribution < -0.4 is 5.32 Å². The van der Waals surface area contributed by atoms with Crippen molar-refractivity contribution >= 4 is 18.9 Å². The van der Waals surface area contributed by atoms with E-state index >= 15 is 0 Å². The van der Waals surface area contributed by atoms with Crippen molar-refractivity contribution in [3.63, 3.8) is 0 Å². The fourth-order valence-corrected chi connectivity index (χ4v) is 0.646. The Balaban J connectivity index is 0.000000640. The van der Waals surface area contributed by atoms with Crippen LogP contribution in [-0.4, -0.2) is 25.7 Å². The first kappa shape index (κ1) is 8.72. The topological polar surface area (TPSA) is 38.3 Å². The fraction of sp³-hybridized carbons (Fsp3) is 0.800. The van der Waals surface area contributed by atoms with Gasteiger partial charge in [0.15, 0.2) is 0 Å². The number of rotatable bonds is 3. The van der Waals surface area contributed by atoms with E-state index in [-0.39, 0.29) is 12.4 Å². The first-order valence-corrected chi connectivity index (χ1v) is 2.72. The SMILES string of the molecule is Cl.O=COCC1CCN1. The van der Waals surface area contributed by atoms with E-state index in [0.29, 0.717) is 19.1 Å². The summed E-state index contributed by atoms with van der Waals surface area (Å²) in [6.45, 7) is 2.08. The van der Waals surface area contributed by atoms with Crippen molar-refractivity contribution in [3.05, 3.63) is 0 Å². The molecule has 0 aromatic heterocycles. The molecular formula is C5H10ClNO2. The van der Waals surface area contributed by atoms with Crippen LogP contribution in [-0.2, 0) is 9.53 Å². The molecule has 1 atom stereocenters. The summed E-state index contributed by atoms with van der Waals surface area (Å²) in [4.78, 5) is 9.60. The number of carbonyl (C=O) groups excluding carboxylic acids is 1. The predicted octanol–water partition coefficient (Wildman–Crippen LogP) is -0.0569. The van der Waals surface area contributed by atoms with Crippen LogP contribution in [0.1, 0.15) is 6.42 Å². The molecule has 4 heteroatoms. The van der Waals surface area contributed by atoms with Crippen LogP contribution in [0.25, 0.3) is 0 Å². The summed E-state index contributed by atoms with van der Waals surface area (Å²) < 4.78 is 4.49. The maximum atomic E-state index is 9.60. The highest BCUT2D eigenvalue weighted by atomic mass is 35.5. The van der Waals surface area contributed by atoms with E-state index < -0.39 is 0 Å². The van der Waals surface area contributed by atoms with Crippen molar-refractivity contribution < 1.29 is 9.53 Å². The number of hydrogen-bond acceptors (Lipinski definition) is 3. The molecule has 0 radical (unpaired) electrons. The van der Waals surface area contributed by atoms with E-state index in [1.54, 1.807) is 0 Å². The molecular weight excluding hydrogens is 142 g/mol. The van der Waals surface area contributed by atoms with Crippen molar-refractivity contribution in [1.82, 2.24) is 5.32 Å². The summed E-state index contributed by atoms with van der Waals surface area (Å²) in [6.07, 6.45) is 1.13. The second-order valence-corrected chi connectivity index (χ2v) is 1.87. The zero-order valence-corrected chi connectivity index (χ0v) is 5.82. The fourth-order valence-electron chi connectivity index (χ4n) is 0.646. The summed E-state index contributed by atoms with van der Waals surface area (Å²) >= 11 is 0. The number of hydrogen-bond donors (Lipinski definition) is 1. The molecule has 1 aliphatic rings. The average molecular weight is 152 g/mol. The average Bonchev–Trinajstić information content (AvgIpc) is 1.63. The number of nitrogens with one attached hydrogen (secondary N) is 1. The molecule has 0 bridgehead atoms. The molecule has 1 fully saturated rings. The molecule has 1 heterocycles. The lowest BCUT2D eigenvalue weighted by atomic mass is 10.1. The van der Waals surface area contributed by atoms with E-state index in [4.69, 9.17) is 0 Å². The van der Waals surface area contributed by atoms with Crippen LogP contribution >= 0.6 is 12.4 Å². The van der Waals surface area contributed by atoms with Crippen molar-refractivity contribution in [3.8, 4) is 0 Å². The highest BCUT2D eigenvalue weighted by molar-refractivity contribution is 5.85. The van der Waals surface area contributed by atoms with Gasteiger partial charge >= 0.3 is 0 Å². The Morgan fingerprint density at radius 2 is 2.44 bits per heavy atom. The van der Waals surface area contributed by atoms with Gasteiger partial charge in [0, 0.05) is 6.04 Å². The third-order valence-electron chi connectivity index (χ3n) is 1.29. The summed E-state index contributed by atoms with van der Waals surface area (Å²) in [5.74, 6) is 0. The zero-order valence-electron chi connectivity index (χ0n) is 5.00. The molecule has 0 saturated carbocycles. The van der Waals surface area contributed by atoms with Crippen LogP contribution in [0, 0.1) is 0 Å². The van der Waals surface area contributed by atoms with E-state index in [2.05, 4.69) is 10.1 Å². The van der Waals surface area contributed by atoms with Gasteiger partial charge in [0.1, 0.15) is 6.61 Å². The number of carbonyl (C=O) groups is 1. The lowest BCUT2D eigenvalue weighted by molar-refractivity contribution is -0.129. The van der Waals surface area contributed by atoms with E-state index in [0.717, 1.165) is 13.0 Å². The second kappa shape index (κ2) is 4.58. The number of ether oxygens (including phenoxy) is 1. The molecule has 0 amide bonds. The van der Waals surface area contributed by atoms with Crippen LogP contribution in [0.15, 0.2) is 0 Å². The smallest absolute Gasteiger partial charge is 0.293 e. The van der Waals surface area contributed by atoms with Gasteiger partial charge in [-0.15, -0.1) is 12.4 Å². The van der Waals surface area contributed by atoms with Gasteiger partial charge in [0.25, 0.3) is 6.47 Å². The zero-order chi connectivity index (χ0) is 5.82. The molecule has 0 aliphatic carbocycles. The molecule has 0 aromatic rings. The lowest BCUT2D eigenvalue weighted by Gasteiger charge is -2.25. The molecule has 1 rings (SSSR count). The third kappa shape index (κ3) is 2.67. The quantitative estimate of drug-likeness (QED) is 0.575. The normalized spacial score (nSPS) is 23.3. The van der Waals surface area contributed by atoms with Crippen LogP contribution in [0.5, 0.6) is 0 Å². The van der Waals surface area contributed by atoms with Gasteiger partial charge in [-0.05, 0) is 13.0 Å². The summed E-state index contributed by atoms with van der Waals surface area (Å²) in [6, 6.07) is 0.431. The van der Waals surface area contributed by atoms with Crippen molar-refractivity contribution in [1.29, 1.82) is 0 Å². The predicted molar refractivity (Wildman–Crippen MR) is 35.7 cm³/mol.